The second-order valence-electron chi connectivity index (χ2n) is 6.79. The second-order valence-corrected chi connectivity index (χ2v) is 6.79. The van der Waals surface area contributed by atoms with Gasteiger partial charge in [0.1, 0.15) is 0 Å². The smallest absolute Gasteiger partial charge is 0.338 e. The van der Waals surface area contributed by atoms with Crippen LogP contribution in [0.2, 0.25) is 0 Å². The molecule has 0 heterocycles. The highest BCUT2D eigenvalue weighted by atomic mass is 16.5. The van der Waals surface area contributed by atoms with E-state index in [1.807, 2.05) is 37.3 Å². The van der Waals surface area contributed by atoms with Gasteiger partial charge in [-0.2, -0.15) is 0 Å². The van der Waals surface area contributed by atoms with E-state index in [1.54, 1.807) is 0 Å². The van der Waals surface area contributed by atoms with Crippen LogP contribution in [0.5, 0.6) is 0 Å². The first-order valence-electron chi connectivity index (χ1n) is 9.14. The van der Waals surface area contributed by atoms with Crippen LogP contribution in [0.15, 0.2) is 89.0 Å². The van der Waals surface area contributed by atoms with Gasteiger partial charge >= 0.3 is 5.97 Å². The minimum absolute atomic E-state index is 0.223. The summed E-state index contributed by atoms with van der Waals surface area (Å²) < 4.78 is 5.34. The molecule has 0 saturated heterocycles. The highest BCUT2D eigenvalue weighted by Crippen LogP contribution is 2.53. The number of benzene rings is 2. The predicted molar refractivity (Wildman–Crippen MR) is 105 cm³/mol. The molecule has 0 N–H and O–H groups in total. The number of carbonyl (C=O) groups excluding carboxylic acids is 1. The van der Waals surface area contributed by atoms with E-state index in [-0.39, 0.29) is 11.9 Å². The van der Waals surface area contributed by atoms with Crippen molar-refractivity contribution in [3.05, 3.63) is 100 Å². The summed E-state index contributed by atoms with van der Waals surface area (Å²) in [7, 11) is 0. The van der Waals surface area contributed by atoms with Crippen LogP contribution < -0.4 is 0 Å². The largest absolute Gasteiger partial charge is 0.462 e. The summed E-state index contributed by atoms with van der Waals surface area (Å²) in [6.45, 7) is 4.38. The second kappa shape index (κ2) is 6.80. The molecule has 0 spiro atoms. The maximum absolute atomic E-state index is 12.6. The number of hydrogen-bond acceptors (Lipinski definition) is 2. The molecule has 2 aromatic rings. The third-order valence-electron chi connectivity index (χ3n) is 5.19. The van der Waals surface area contributed by atoms with Gasteiger partial charge in [-0.25, -0.2) is 4.79 Å². The molecule has 2 aliphatic carbocycles. The van der Waals surface area contributed by atoms with E-state index in [0.717, 1.165) is 23.1 Å². The van der Waals surface area contributed by atoms with E-state index >= 15 is 0 Å². The molecule has 0 aliphatic heterocycles. The maximum Gasteiger partial charge on any atom is 0.338 e. The average Bonchev–Trinajstić information content (AvgIpc) is 3.23. The van der Waals surface area contributed by atoms with Gasteiger partial charge in [-0.3, -0.25) is 0 Å². The molecule has 0 bridgehead atoms. The van der Waals surface area contributed by atoms with Crippen LogP contribution in [0.1, 0.15) is 37.3 Å². The van der Waals surface area contributed by atoms with E-state index in [9.17, 15) is 4.79 Å². The van der Waals surface area contributed by atoms with E-state index in [4.69, 9.17) is 4.74 Å². The van der Waals surface area contributed by atoms with Gasteiger partial charge in [0.15, 0.2) is 0 Å². The van der Waals surface area contributed by atoms with Crippen LogP contribution >= 0.6 is 0 Å². The fourth-order valence-corrected chi connectivity index (χ4v) is 4.10. The number of fused-ring (bicyclic) bond motifs is 1. The molecule has 0 amide bonds. The fraction of sp³-hybridized carbons (Fsp3) is 0.208. The van der Waals surface area contributed by atoms with E-state index in [0.29, 0.717) is 12.2 Å². The van der Waals surface area contributed by atoms with Gasteiger partial charge in [-0.1, -0.05) is 66.2 Å². The Kier molecular flexibility index (Phi) is 4.34. The van der Waals surface area contributed by atoms with Crippen molar-refractivity contribution in [3.8, 4) is 0 Å². The zero-order valence-corrected chi connectivity index (χ0v) is 15.2. The van der Waals surface area contributed by atoms with E-state index in [2.05, 4.69) is 43.3 Å². The molecule has 4 rings (SSSR count). The Morgan fingerprint density at radius 2 is 1.69 bits per heavy atom. The first-order chi connectivity index (χ1) is 12.7. The Labute approximate surface area is 154 Å². The van der Waals surface area contributed by atoms with Gasteiger partial charge < -0.3 is 4.74 Å². The molecule has 2 nitrogen and oxygen atoms in total. The van der Waals surface area contributed by atoms with Gasteiger partial charge in [0.25, 0.3) is 0 Å². The molecule has 1 atom stereocenters. The minimum atomic E-state index is -0.223. The number of hydrogen-bond donors (Lipinski definition) is 0. The van der Waals surface area contributed by atoms with Gasteiger partial charge in [0, 0.05) is 5.92 Å². The average molecular weight is 342 g/mol. The number of ether oxygens (including phenoxy) is 1. The van der Waals surface area contributed by atoms with Crippen molar-refractivity contribution < 1.29 is 9.53 Å². The molecule has 0 fully saturated rings. The van der Waals surface area contributed by atoms with Crippen LogP contribution in [-0.4, -0.2) is 12.6 Å². The first-order valence-corrected chi connectivity index (χ1v) is 9.14. The van der Waals surface area contributed by atoms with Gasteiger partial charge in [-0.05, 0) is 54.2 Å². The van der Waals surface area contributed by atoms with Crippen molar-refractivity contribution in [1.29, 1.82) is 0 Å². The molecule has 26 heavy (non-hydrogen) atoms. The van der Waals surface area contributed by atoms with Crippen molar-refractivity contribution in [1.82, 2.24) is 0 Å². The lowest BCUT2D eigenvalue weighted by atomic mass is 9.87. The van der Waals surface area contributed by atoms with Crippen LogP contribution in [0, 0.1) is 0 Å². The summed E-state index contributed by atoms with van der Waals surface area (Å²) in [4.78, 5) is 12.6. The normalized spacial score (nSPS) is 18.8. The Balaban J connectivity index is 1.88. The zero-order valence-electron chi connectivity index (χ0n) is 15.2. The molecular weight excluding hydrogens is 320 g/mol. The molecule has 2 aliphatic rings. The van der Waals surface area contributed by atoms with Gasteiger partial charge in [0.05, 0.1) is 12.2 Å². The Hall–Kier alpha value is -2.87. The quantitative estimate of drug-likeness (QED) is 0.691. The number of rotatable bonds is 4. The topological polar surface area (TPSA) is 26.3 Å². The summed E-state index contributed by atoms with van der Waals surface area (Å²) in [5.74, 6) is 0.0589. The lowest BCUT2D eigenvalue weighted by Crippen LogP contribution is -2.08. The number of allylic oxidation sites excluding steroid dienone is 4. The number of carbonyl (C=O) groups is 1. The Bertz CT molecular complexity index is 931. The van der Waals surface area contributed by atoms with Crippen LogP contribution in [-0.2, 0) is 9.53 Å². The lowest BCUT2D eigenvalue weighted by Gasteiger charge is -2.16. The van der Waals surface area contributed by atoms with E-state index in [1.165, 1.54) is 16.7 Å². The SMILES string of the molecule is CCOC(=O)C1=CC(c2ccccc2)=C2C1=C(C)CC2c1ccccc1. The third-order valence-corrected chi connectivity index (χ3v) is 5.19. The first kappa shape index (κ1) is 16.6. The van der Waals surface area contributed by atoms with E-state index < -0.39 is 0 Å². The summed E-state index contributed by atoms with van der Waals surface area (Å²) >= 11 is 0. The Morgan fingerprint density at radius 3 is 2.35 bits per heavy atom. The standard InChI is InChI=1S/C24H22O2/c1-3-26-24(25)21-15-20(18-12-8-5-9-13-18)23-19(14-16(2)22(21)23)17-10-6-4-7-11-17/h4-13,15,19H,3,14H2,1-2H3. The summed E-state index contributed by atoms with van der Waals surface area (Å²) in [5, 5.41) is 0. The van der Waals surface area contributed by atoms with Crippen LogP contribution in [0.25, 0.3) is 5.57 Å². The maximum atomic E-state index is 12.6. The molecule has 2 heteroatoms. The molecule has 0 radical (unpaired) electrons. The minimum Gasteiger partial charge on any atom is -0.462 e. The zero-order chi connectivity index (χ0) is 18.1. The van der Waals surface area contributed by atoms with Gasteiger partial charge in [0.2, 0.25) is 0 Å². The van der Waals surface area contributed by atoms with Crippen molar-refractivity contribution in [2.45, 2.75) is 26.2 Å². The molecule has 130 valence electrons. The summed E-state index contributed by atoms with van der Waals surface area (Å²) in [5.41, 5.74) is 7.92. The fourth-order valence-electron chi connectivity index (χ4n) is 4.10. The number of esters is 1. The predicted octanol–water partition coefficient (Wildman–Crippen LogP) is 5.45. The Morgan fingerprint density at radius 1 is 1.04 bits per heavy atom. The summed E-state index contributed by atoms with van der Waals surface area (Å²) in [6, 6.07) is 20.9. The molecule has 2 aromatic carbocycles. The van der Waals surface area contributed by atoms with Crippen molar-refractivity contribution >= 4 is 11.5 Å². The summed E-state index contributed by atoms with van der Waals surface area (Å²) in [6.07, 6.45) is 2.97. The van der Waals surface area contributed by atoms with Crippen molar-refractivity contribution in [3.63, 3.8) is 0 Å². The van der Waals surface area contributed by atoms with Gasteiger partial charge in [-0.15, -0.1) is 0 Å². The lowest BCUT2D eigenvalue weighted by molar-refractivity contribution is -0.138. The molecular formula is C24H22O2. The highest BCUT2D eigenvalue weighted by Gasteiger charge is 2.38. The highest BCUT2D eigenvalue weighted by molar-refractivity contribution is 6.05. The van der Waals surface area contributed by atoms with Crippen LogP contribution in [0.3, 0.4) is 0 Å². The van der Waals surface area contributed by atoms with Crippen molar-refractivity contribution in [2.24, 2.45) is 0 Å². The third kappa shape index (κ3) is 2.72. The molecule has 1 unspecified atom stereocenters. The molecule has 0 saturated carbocycles. The van der Waals surface area contributed by atoms with Crippen molar-refractivity contribution in [2.75, 3.05) is 6.61 Å². The monoisotopic (exact) mass is 342 g/mol. The van der Waals surface area contributed by atoms with Crippen LogP contribution in [0.4, 0.5) is 0 Å². The molecule has 0 aromatic heterocycles.